The monoisotopic (exact) mass is 351 g/mol. The van der Waals surface area contributed by atoms with Crippen molar-refractivity contribution in [1.29, 1.82) is 0 Å². The van der Waals surface area contributed by atoms with E-state index in [0.717, 1.165) is 12.0 Å². The van der Waals surface area contributed by atoms with Crippen molar-refractivity contribution in [2.24, 2.45) is 0 Å². The molecule has 0 saturated carbocycles. The number of aromatic nitrogens is 2. The van der Waals surface area contributed by atoms with E-state index < -0.39 is 17.2 Å². The molecule has 132 valence electrons. The van der Waals surface area contributed by atoms with Crippen LogP contribution in [0.25, 0.3) is 10.9 Å². The van der Waals surface area contributed by atoms with Gasteiger partial charge in [-0.3, -0.25) is 14.3 Å². The zero-order chi connectivity index (χ0) is 18.3. The maximum absolute atomic E-state index is 13.6. The molecule has 26 heavy (non-hydrogen) atoms. The van der Waals surface area contributed by atoms with Crippen molar-refractivity contribution in [3.8, 4) is 0 Å². The summed E-state index contributed by atoms with van der Waals surface area (Å²) in [4.78, 5) is 27.4. The summed E-state index contributed by atoms with van der Waals surface area (Å²) in [5.41, 5.74) is 2.16. The maximum atomic E-state index is 13.6. The molecule has 0 bridgehead atoms. The standard InChI is InChI=1S/C20H18FN3O2/c1-2-24-17-8-7-15(21)11-16(17)19(25)18(22-24)20(26)23-10-9-13-5-3-4-6-14(13)12-23/h3-8,11H,2,9-10,12H2,1H3. The summed E-state index contributed by atoms with van der Waals surface area (Å²) in [6, 6.07) is 11.9. The molecule has 1 aromatic heterocycles. The third-order valence-electron chi connectivity index (χ3n) is 4.84. The van der Waals surface area contributed by atoms with Crippen molar-refractivity contribution in [2.45, 2.75) is 26.4 Å². The number of benzene rings is 2. The van der Waals surface area contributed by atoms with E-state index in [2.05, 4.69) is 11.2 Å². The van der Waals surface area contributed by atoms with Gasteiger partial charge >= 0.3 is 0 Å². The number of rotatable bonds is 2. The molecular formula is C20H18FN3O2. The van der Waals surface area contributed by atoms with Gasteiger partial charge < -0.3 is 4.90 Å². The maximum Gasteiger partial charge on any atom is 0.278 e. The Morgan fingerprint density at radius 1 is 1.19 bits per heavy atom. The topological polar surface area (TPSA) is 55.2 Å². The molecule has 1 aliphatic rings. The minimum atomic E-state index is -0.520. The highest BCUT2D eigenvalue weighted by atomic mass is 19.1. The lowest BCUT2D eigenvalue weighted by atomic mass is 9.99. The first-order valence-corrected chi connectivity index (χ1v) is 8.65. The van der Waals surface area contributed by atoms with Crippen molar-refractivity contribution < 1.29 is 9.18 Å². The van der Waals surface area contributed by atoms with Crippen LogP contribution in [0.2, 0.25) is 0 Å². The van der Waals surface area contributed by atoms with Crippen molar-refractivity contribution in [3.63, 3.8) is 0 Å². The first-order valence-electron chi connectivity index (χ1n) is 8.65. The van der Waals surface area contributed by atoms with E-state index in [0.29, 0.717) is 25.2 Å². The summed E-state index contributed by atoms with van der Waals surface area (Å²) in [5, 5.41) is 4.45. The summed E-state index contributed by atoms with van der Waals surface area (Å²) in [5.74, 6) is -0.911. The number of hydrogen-bond acceptors (Lipinski definition) is 3. The van der Waals surface area contributed by atoms with Gasteiger partial charge in [0.1, 0.15) is 5.82 Å². The molecule has 5 nitrogen and oxygen atoms in total. The zero-order valence-electron chi connectivity index (χ0n) is 14.4. The summed E-state index contributed by atoms with van der Waals surface area (Å²) >= 11 is 0. The lowest BCUT2D eigenvalue weighted by Gasteiger charge is -2.28. The number of carbonyl (C=O) groups excluding carboxylic acids is 1. The molecule has 0 saturated heterocycles. The molecule has 1 amide bonds. The largest absolute Gasteiger partial charge is 0.332 e. The number of aryl methyl sites for hydroxylation is 1. The van der Waals surface area contributed by atoms with E-state index in [1.807, 2.05) is 25.1 Å². The van der Waals surface area contributed by atoms with Gasteiger partial charge in [0.25, 0.3) is 5.91 Å². The Bertz CT molecular complexity index is 1070. The van der Waals surface area contributed by atoms with Gasteiger partial charge in [0.2, 0.25) is 5.43 Å². The van der Waals surface area contributed by atoms with Crippen LogP contribution >= 0.6 is 0 Å². The highest BCUT2D eigenvalue weighted by Crippen LogP contribution is 2.20. The number of amides is 1. The predicted molar refractivity (Wildman–Crippen MR) is 96.5 cm³/mol. The van der Waals surface area contributed by atoms with Crippen LogP contribution in [0.4, 0.5) is 4.39 Å². The van der Waals surface area contributed by atoms with Crippen molar-refractivity contribution >= 4 is 16.8 Å². The Kier molecular flexibility index (Phi) is 4.03. The third-order valence-corrected chi connectivity index (χ3v) is 4.84. The van der Waals surface area contributed by atoms with E-state index in [1.165, 1.54) is 23.8 Å². The molecule has 0 N–H and O–H groups in total. The average Bonchev–Trinajstić information content (AvgIpc) is 2.67. The number of hydrogen-bond donors (Lipinski definition) is 0. The van der Waals surface area contributed by atoms with Crippen molar-refractivity contribution in [1.82, 2.24) is 14.7 Å². The van der Waals surface area contributed by atoms with Crippen molar-refractivity contribution in [3.05, 3.63) is 75.3 Å². The van der Waals surface area contributed by atoms with Gasteiger partial charge in [-0.05, 0) is 42.7 Å². The van der Waals surface area contributed by atoms with Crippen LogP contribution in [-0.2, 0) is 19.5 Å². The quantitative estimate of drug-likeness (QED) is 0.713. The molecular weight excluding hydrogens is 333 g/mol. The Morgan fingerprint density at radius 3 is 2.73 bits per heavy atom. The number of halogens is 1. The molecule has 0 fully saturated rings. The first kappa shape index (κ1) is 16.4. The third kappa shape index (κ3) is 2.67. The van der Waals surface area contributed by atoms with Gasteiger partial charge in [-0.15, -0.1) is 0 Å². The molecule has 6 heteroatoms. The van der Waals surface area contributed by atoms with Crippen LogP contribution in [0.3, 0.4) is 0 Å². The molecule has 1 aliphatic heterocycles. The minimum absolute atomic E-state index is 0.149. The van der Waals surface area contributed by atoms with E-state index in [1.54, 1.807) is 9.58 Å². The van der Waals surface area contributed by atoms with Crippen molar-refractivity contribution in [2.75, 3.05) is 6.54 Å². The van der Waals surface area contributed by atoms with Crippen LogP contribution < -0.4 is 5.43 Å². The highest BCUT2D eigenvalue weighted by molar-refractivity contribution is 5.95. The Morgan fingerprint density at radius 2 is 1.96 bits per heavy atom. The Balaban J connectivity index is 1.78. The molecule has 3 aromatic rings. The van der Waals surface area contributed by atoms with Crippen LogP contribution in [0.15, 0.2) is 47.3 Å². The highest BCUT2D eigenvalue weighted by Gasteiger charge is 2.26. The molecule has 0 spiro atoms. The molecule has 0 unspecified atom stereocenters. The number of carbonyl (C=O) groups is 1. The normalized spacial score (nSPS) is 13.7. The molecule has 2 aromatic carbocycles. The van der Waals surface area contributed by atoms with E-state index in [9.17, 15) is 14.0 Å². The first-order chi connectivity index (χ1) is 12.6. The van der Waals surface area contributed by atoms with Crippen LogP contribution in [0.5, 0.6) is 0 Å². The second kappa shape index (κ2) is 6.37. The Hall–Kier alpha value is -3.02. The van der Waals surface area contributed by atoms with Gasteiger partial charge in [0.05, 0.1) is 10.9 Å². The summed E-state index contributed by atoms with van der Waals surface area (Å²) in [6.45, 7) is 3.32. The van der Waals surface area contributed by atoms with Gasteiger partial charge in [-0.1, -0.05) is 24.3 Å². The average molecular weight is 351 g/mol. The number of nitrogens with zero attached hydrogens (tertiary/aromatic N) is 3. The molecule has 0 atom stereocenters. The second-order valence-corrected chi connectivity index (χ2v) is 6.40. The lowest BCUT2D eigenvalue weighted by Crippen LogP contribution is -2.39. The van der Waals surface area contributed by atoms with Gasteiger partial charge in [0.15, 0.2) is 5.69 Å². The fourth-order valence-electron chi connectivity index (χ4n) is 3.46. The summed E-state index contributed by atoms with van der Waals surface area (Å²) in [6.07, 6.45) is 0.742. The minimum Gasteiger partial charge on any atom is -0.332 e. The zero-order valence-corrected chi connectivity index (χ0v) is 14.4. The van der Waals surface area contributed by atoms with E-state index in [4.69, 9.17) is 0 Å². The number of fused-ring (bicyclic) bond motifs is 2. The second-order valence-electron chi connectivity index (χ2n) is 6.40. The Labute approximate surface area is 149 Å². The van der Waals surface area contributed by atoms with Gasteiger partial charge in [-0.2, -0.15) is 5.10 Å². The molecule has 0 aliphatic carbocycles. The molecule has 0 radical (unpaired) electrons. The van der Waals surface area contributed by atoms with Crippen LogP contribution in [0.1, 0.15) is 28.5 Å². The van der Waals surface area contributed by atoms with Crippen LogP contribution in [0, 0.1) is 5.82 Å². The smallest absolute Gasteiger partial charge is 0.278 e. The van der Waals surface area contributed by atoms with Crippen LogP contribution in [-0.4, -0.2) is 27.1 Å². The molecule has 4 rings (SSSR count). The fraction of sp³-hybridized carbons (Fsp3) is 0.250. The lowest BCUT2D eigenvalue weighted by molar-refractivity contribution is 0.0725. The van der Waals surface area contributed by atoms with Gasteiger partial charge in [-0.25, -0.2) is 4.39 Å². The summed E-state index contributed by atoms with van der Waals surface area (Å²) < 4.78 is 15.2. The van der Waals surface area contributed by atoms with Gasteiger partial charge in [0, 0.05) is 19.6 Å². The van der Waals surface area contributed by atoms with E-state index >= 15 is 0 Å². The summed E-state index contributed by atoms with van der Waals surface area (Å²) in [7, 11) is 0. The predicted octanol–water partition coefficient (Wildman–Crippen LogP) is 2.75. The van der Waals surface area contributed by atoms with E-state index in [-0.39, 0.29) is 11.1 Å². The SMILES string of the molecule is CCn1nc(C(=O)N2CCc3ccccc3C2)c(=O)c2cc(F)ccc21. The fourth-order valence-corrected chi connectivity index (χ4v) is 3.46. The molecule has 2 heterocycles.